The maximum absolute atomic E-state index is 12.2. The maximum atomic E-state index is 12.2. The molecule has 124 valence electrons. The first kappa shape index (κ1) is 16.6. The predicted octanol–water partition coefficient (Wildman–Crippen LogP) is 2.86. The first-order valence-electron chi connectivity index (χ1n) is 7.70. The molecule has 0 aromatic heterocycles. The first-order valence-corrected chi connectivity index (χ1v) is 8.45. The van der Waals surface area contributed by atoms with E-state index >= 15 is 0 Å². The first-order chi connectivity index (χ1) is 11.0. The Hall–Kier alpha value is -1.30. The van der Waals surface area contributed by atoms with Gasteiger partial charge in [0, 0.05) is 18.8 Å². The fraction of sp³-hybridized carbons (Fsp3) is 0.500. The van der Waals surface area contributed by atoms with Crippen molar-refractivity contribution >= 4 is 40.7 Å². The van der Waals surface area contributed by atoms with Crippen molar-refractivity contribution in [3.8, 4) is 0 Å². The van der Waals surface area contributed by atoms with Gasteiger partial charge >= 0.3 is 0 Å². The smallest absolute Gasteiger partial charge is 0.228 e. The number of benzene rings is 1. The Balaban J connectivity index is 1.46. The average molecular weight is 357 g/mol. The molecule has 1 aromatic rings. The van der Waals surface area contributed by atoms with Crippen LogP contribution in [0.15, 0.2) is 18.2 Å². The van der Waals surface area contributed by atoms with Crippen LogP contribution in [-0.4, -0.2) is 31.1 Å². The Morgan fingerprint density at radius 3 is 2.65 bits per heavy atom. The summed E-state index contributed by atoms with van der Waals surface area (Å²) in [5, 5.41) is 6.45. The highest BCUT2D eigenvalue weighted by molar-refractivity contribution is 6.42. The molecule has 2 amide bonds. The summed E-state index contributed by atoms with van der Waals surface area (Å²) in [6.45, 7) is 1.29. The molecule has 7 heteroatoms. The van der Waals surface area contributed by atoms with E-state index in [0.717, 1.165) is 19.4 Å². The van der Waals surface area contributed by atoms with Gasteiger partial charge in [-0.15, -0.1) is 0 Å². The van der Waals surface area contributed by atoms with Crippen LogP contribution in [0.3, 0.4) is 0 Å². The lowest BCUT2D eigenvalue weighted by molar-refractivity contribution is -0.125. The molecule has 1 aliphatic carbocycles. The molecule has 1 saturated carbocycles. The quantitative estimate of drug-likeness (QED) is 0.852. The molecule has 1 aliphatic heterocycles. The van der Waals surface area contributed by atoms with Crippen molar-refractivity contribution in [1.29, 1.82) is 0 Å². The van der Waals surface area contributed by atoms with Crippen molar-refractivity contribution in [2.45, 2.75) is 25.4 Å². The molecule has 2 aliphatic rings. The van der Waals surface area contributed by atoms with E-state index in [9.17, 15) is 9.59 Å². The van der Waals surface area contributed by atoms with Crippen LogP contribution in [0.1, 0.15) is 19.3 Å². The van der Waals surface area contributed by atoms with Gasteiger partial charge in [0.15, 0.2) is 0 Å². The molecular weight excluding hydrogens is 339 g/mol. The van der Waals surface area contributed by atoms with E-state index in [1.165, 1.54) is 0 Å². The van der Waals surface area contributed by atoms with Crippen LogP contribution >= 0.6 is 23.2 Å². The summed E-state index contributed by atoms with van der Waals surface area (Å²) in [6, 6.07) is 4.90. The summed E-state index contributed by atoms with van der Waals surface area (Å²) in [7, 11) is 0. The summed E-state index contributed by atoms with van der Waals surface area (Å²) >= 11 is 11.8. The number of nitrogens with one attached hydrogen (secondary N) is 2. The van der Waals surface area contributed by atoms with Crippen molar-refractivity contribution in [2.24, 2.45) is 11.8 Å². The number of hydrogen-bond acceptors (Lipinski definition) is 3. The minimum absolute atomic E-state index is 0.0743. The molecule has 0 bridgehead atoms. The van der Waals surface area contributed by atoms with Crippen LogP contribution in [0, 0.1) is 11.8 Å². The van der Waals surface area contributed by atoms with E-state index in [1.807, 2.05) is 0 Å². The van der Waals surface area contributed by atoms with Crippen molar-refractivity contribution in [3.05, 3.63) is 28.2 Å². The molecule has 1 heterocycles. The molecule has 1 aromatic carbocycles. The van der Waals surface area contributed by atoms with Crippen LogP contribution in [-0.2, 0) is 14.3 Å². The highest BCUT2D eigenvalue weighted by atomic mass is 35.5. The van der Waals surface area contributed by atoms with E-state index in [4.69, 9.17) is 27.9 Å². The average Bonchev–Trinajstić information content (AvgIpc) is 3.17. The molecule has 3 rings (SSSR count). The largest absolute Gasteiger partial charge is 0.376 e. The number of amides is 2. The zero-order valence-corrected chi connectivity index (χ0v) is 14.0. The zero-order valence-electron chi connectivity index (χ0n) is 12.5. The second kappa shape index (κ2) is 7.07. The number of hydrogen-bond donors (Lipinski definition) is 2. The van der Waals surface area contributed by atoms with Gasteiger partial charge in [-0.1, -0.05) is 23.2 Å². The lowest BCUT2D eigenvalue weighted by Crippen LogP contribution is -2.33. The van der Waals surface area contributed by atoms with Gasteiger partial charge in [-0.3, -0.25) is 9.59 Å². The Morgan fingerprint density at radius 2 is 1.96 bits per heavy atom. The SMILES string of the molecule is O=C(NCC1CCCO1)C1CC1C(=O)Nc1ccc(Cl)c(Cl)c1. The van der Waals surface area contributed by atoms with Crippen LogP contribution in [0.2, 0.25) is 10.0 Å². The molecule has 5 nitrogen and oxygen atoms in total. The number of carbonyl (C=O) groups is 2. The third kappa shape index (κ3) is 4.16. The fourth-order valence-corrected chi connectivity index (χ4v) is 3.03. The summed E-state index contributed by atoms with van der Waals surface area (Å²) in [5.41, 5.74) is 0.579. The molecule has 1 saturated heterocycles. The van der Waals surface area contributed by atoms with Crippen LogP contribution < -0.4 is 10.6 Å². The van der Waals surface area contributed by atoms with E-state index in [0.29, 0.717) is 28.7 Å². The number of rotatable bonds is 5. The Kier molecular flexibility index (Phi) is 5.09. The Labute approximate surface area is 144 Å². The molecular formula is C16H18Cl2N2O3. The van der Waals surface area contributed by atoms with Gasteiger partial charge < -0.3 is 15.4 Å². The van der Waals surface area contributed by atoms with Crippen molar-refractivity contribution in [1.82, 2.24) is 5.32 Å². The van der Waals surface area contributed by atoms with Gasteiger partial charge in [0.25, 0.3) is 0 Å². The lowest BCUT2D eigenvalue weighted by atomic mass is 10.2. The molecule has 2 N–H and O–H groups in total. The zero-order chi connectivity index (χ0) is 16.4. The van der Waals surface area contributed by atoms with Crippen molar-refractivity contribution < 1.29 is 14.3 Å². The van der Waals surface area contributed by atoms with E-state index < -0.39 is 0 Å². The standard InChI is InChI=1S/C16H18Cl2N2O3/c17-13-4-3-9(6-14(13)18)20-16(22)12-7-11(12)15(21)19-8-10-2-1-5-23-10/h3-4,6,10-12H,1-2,5,7-8H2,(H,19,21)(H,20,22). The van der Waals surface area contributed by atoms with E-state index in [-0.39, 0.29) is 29.8 Å². The van der Waals surface area contributed by atoms with Gasteiger partial charge in [-0.05, 0) is 37.5 Å². The van der Waals surface area contributed by atoms with Crippen LogP contribution in [0.5, 0.6) is 0 Å². The maximum Gasteiger partial charge on any atom is 0.228 e. The summed E-state index contributed by atoms with van der Waals surface area (Å²) in [6.07, 6.45) is 2.70. The van der Waals surface area contributed by atoms with Crippen molar-refractivity contribution in [2.75, 3.05) is 18.5 Å². The topological polar surface area (TPSA) is 67.4 Å². The number of halogens is 2. The van der Waals surface area contributed by atoms with Crippen molar-refractivity contribution in [3.63, 3.8) is 0 Å². The number of carbonyl (C=O) groups excluding carboxylic acids is 2. The summed E-state index contributed by atoms with van der Waals surface area (Å²) in [5.74, 6) is -0.774. The monoisotopic (exact) mass is 356 g/mol. The summed E-state index contributed by atoms with van der Waals surface area (Å²) in [4.78, 5) is 24.2. The second-order valence-electron chi connectivity index (χ2n) is 5.95. The third-order valence-corrected chi connectivity index (χ3v) is 4.92. The third-order valence-electron chi connectivity index (χ3n) is 4.18. The molecule has 2 fully saturated rings. The van der Waals surface area contributed by atoms with E-state index in [2.05, 4.69) is 10.6 Å². The van der Waals surface area contributed by atoms with Gasteiger partial charge in [-0.2, -0.15) is 0 Å². The molecule has 3 unspecified atom stereocenters. The second-order valence-corrected chi connectivity index (χ2v) is 6.76. The van der Waals surface area contributed by atoms with Gasteiger partial charge in [-0.25, -0.2) is 0 Å². The van der Waals surface area contributed by atoms with Crippen LogP contribution in [0.25, 0.3) is 0 Å². The molecule has 0 spiro atoms. The lowest BCUT2D eigenvalue weighted by Gasteiger charge is -2.10. The highest BCUT2D eigenvalue weighted by Gasteiger charge is 2.48. The van der Waals surface area contributed by atoms with Crippen LogP contribution in [0.4, 0.5) is 5.69 Å². The molecule has 0 radical (unpaired) electrons. The normalized spacial score (nSPS) is 25.9. The minimum Gasteiger partial charge on any atom is -0.376 e. The van der Waals surface area contributed by atoms with Gasteiger partial charge in [0.05, 0.1) is 28.0 Å². The van der Waals surface area contributed by atoms with Gasteiger partial charge in [0.2, 0.25) is 11.8 Å². The Morgan fingerprint density at radius 1 is 1.17 bits per heavy atom. The predicted molar refractivity (Wildman–Crippen MR) is 88.7 cm³/mol. The minimum atomic E-state index is -0.283. The van der Waals surface area contributed by atoms with E-state index in [1.54, 1.807) is 18.2 Å². The molecule has 23 heavy (non-hydrogen) atoms. The fourth-order valence-electron chi connectivity index (χ4n) is 2.73. The number of anilines is 1. The highest BCUT2D eigenvalue weighted by Crippen LogP contribution is 2.39. The summed E-state index contributed by atoms with van der Waals surface area (Å²) < 4.78 is 5.46. The Bertz CT molecular complexity index is 617. The molecule has 3 atom stereocenters. The van der Waals surface area contributed by atoms with Gasteiger partial charge in [0.1, 0.15) is 0 Å². The number of ether oxygens (including phenoxy) is 1.